The molecule has 3 aromatic carbocycles. The Morgan fingerprint density at radius 1 is 0.971 bits per heavy atom. The van der Waals surface area contributed by atoms with E-state index in [0.717, 1.165) is 22.3 Å². The first kappa shape index (κ1) is 24.7. The molecule has 1 aliphatic rings. The van der Waals surface area contributed by atoms with Crippen LogP contribution in [0.2, 0.25) is 0 Å². The maximum atomic E-state index is 13.0. The van der Waals surface area contributed by atoms with E-state index in [9.17, 15) is 19.5 Å². The second-order valence-electron chi connectivity index (χ2n) is 8.68. The lowest BCUT2D eigenvalue weighted by atomic mass is 9.98. The van der Waals surface area contributed by atoms with Gasteiger partial charge < -0.3 is 20.5 Å². The van der Waals surface area contributed by atoms with Gasteiger partial charge in [-0.25, -0.2) is 9.59 Å². The number of anilines is 1. The SMILES string of the molecule is CC(C)C(NC(=O)OCC1c2ccccc2-c2ccccc21)C(=O)Nc1cc(C(=O)O)ccc1I. The summed E-state index contributed by atoms with van der Waals surface area (Å²) in [5, 5.41) is 14.6. The first-order valence-electron chi connectivity index (χ1n) is 11.2. The van der Waals surface area contributed by atoms with Gasteiger partial charge in [0.15, 0.2) is 0 Å². The van der Waals surface area contributed by atoms with Crippen LogP contribution >= 0.6 is 22.6 Å². The van der Waals surface area contributed by atoms with Gasteiger partial charge in [-0.15, -0.1) is 0 Å². The molecule has 3 aromatic rings. The van der Waals surface area contributed by atoms with Gasteiger partial charge in [-0.1, -0.05) is 62.4 Å². The van der Waals surface area contributed by atoms with Crippen LogP contribution in [0.1, 0.15) is 41.3 Å². The second-order valence-corrected chi connectivity index (χ2v) is 9.84. The molecule has 0 saturated carbocycles. The molecule has 7 nitrogen and oxygen atoms in total. The highest BCUT2D eigenvalue weighted by Crippen LogP contribution is 2.44. The van der Waals surface area contributed by atoms with E-state index < -0.39 is 24.0 Å². The van der Waals surface area contributed by atoms with Crippen LogP contribution in [0.15, 0.2) is 66.7 Å². The molecule has 1 aliphatic carbocycles. The number of fused-ring (bicyclic) bond motifs is 3. The van der Waals surface area contributed by atoms with Gasteiger partial charge in [0.25, 0.3) is 0 Å². The Hall–Kier alpha value is -3.40. The van der Waals surface area contributed by atoms with Crippen LogP contribution in [0.4, 0.5) is 10.5 Å². The Balaban J connectivity index is 1.43. The maximum Gasteiger partial charge on any atom is 0.407 e. The lowest BCUT2D eigenvalue weighted by Crippen LogP contribution is -2.47. The van der Waals surface area contributed by atoms with Crippen molar-refractivity contribution in [3.63, 3.8) is 0 Å². The first-order chi connectivity index (χ1) is 16.8. The summed E-state index contributed by atoms with van der Waals surface area (Å²) in [4.78, 5) is 37.0. The van der Waals surface area contributed by atoms with Gasteiger partial charge in [0, 0.05) is 9.49 Å². The fourth-order valence-corrected chi connectivity index (χ4v) is 4.74. The van der Waals surface area contributed by atoms with Gasteiger partial charge in [0.1, 0.15) is 12.6 Å². The van der Waals surface area contributed by atoms with Crippen molar-refractivity contribution in [1.29, 1.82) is 0 Å². The Bertz CT molecular complexity index is 1240. The van der Waals surface area contributed by atoms with Crippen molar-refractivity contribution in [2.24, 2.45) is 5.92 Å². The molecule has 0 spiro atoms. The van der Waals surface area contributed by atoms with Crippen LogP contribution in [-0.4, -0.2) is 35.7 Å². The number of hydrogen-bond donors (Lipinski definition) is 3. The molecule has 0 saturated heterocycles. The van der Waals surface area contributed by atoms with E-state index in [0.29, 0.717) is 9.26 Å². The van der Waals surface area contributed by atoms with Crippen molar-refractivity contribution in [3.8, 4) is 11.1 Å². The molecule has 0 bridgehead atoms. The highest BCUT2D eigenvalue weighted by Gasteiger charge is 2.30. The number of alkyl carbamates (subject to hydrolysis) is 1. The average Bonchev–Trinajstić information content (AvgIpc) is 3.16. The molecule has 4 rings (SSSR count). The second kappa shape index (κ2) is 10.5. The summed E-state index contributed by atoms with van der Waals surface area (Å²) in [6, 6.07) is 19.7. The number of halogens is 1. The van der Waals surface area contributed by atoms with Crippen LogP contribution in [-0.2, 0) is 9.53 Å². The van der Waals surface area contributed by atoms with Crippen molar-refractivity contribution in [3.05, 3.63) is 87.0 Å². The summed E-state index contributed by atoms with van der Waals surface area (Å²) in [6.07, 6.45) is -0.685. The number of carboxylic acids is 1. The molecule has 0 heterocycles. The minimum atomic E-state index is -1.09. The number of nitrogens with one attached hydrogen (secondary N) is 2. The summed E-state index contributed by atoms with van der Waals surface area (Å²) in [7, 11) is 0. The molecule has 1 unspecified atom stereocenters. The lowest BCUT2D eigenvalue weighted by Gasteiger charge is -2.22. The molecular weight excluding hydrogens is 559 g/mol. The Labute approximate surface area is 217 Å². The van der Waals surface area contributed by atoms with E-state index in [2.05, 4.69) is 22.8 Å². The molecule has 8 heteroatoms. The van der Waals surface area contributed by atoms with Gasteiger partial charge in [0.05, 0.1) is 11.3 Å². The zero-order chi connectivity index (χ0) is 25.1. The largest absolute Gasteiger partial charge is 0.478 e. The highest BCUT2D eigenvalue weighted by molar-refractivity contribution is 14.1. The molecular formula is C27H25IN2O5. The van der Waals surface area contributed by atoms with Crippen LogP contribution in [0, 0.1) is 9.49 Å². The molecule has 0 radical (unpaired) electrons. The third-order valence-electron chi connectivity index (χ3n) is 6.04. The lowest BCUT2D eigenvalue weighted by molar-refractivity contribution is -0.119. The Morgan fingerprint density at radius 3 is 2.14 bits per heavy atom. The number of rotatable bonds is 7. The standard InChI is InChI=1S/C27H25IN2O5/c1-15(2)24(25(31)29-23-13-16(26(32)33)11-12-22(23)28)30-27(34)35-14-21-19-9-5-3-7-17(19)18-8-4-6-10-20(18)21/h3-13,15,21,24H,14H2,1-2H3,(H,29,31)(H,30,34)(H,32,33). The van der Waals surface area contributed by atoms with Gasteiger partial charge >= 0.3 is 12.1 Å². The van der Waals surface area contributed by atoms with Gasteiger partial charge in [-0.3, -0.25) is 4.79 Å². The van der Waals surface area contributed by atoms with Gasteiger partial charge in [0.2, 0.25) is 5.91 Å². The van der Waals surface area contributed by atoms with Gasteiger partial charge in [-0.05, 0) is 69.0 Å². The third-order valence-corrected chi connectivity index (χ3v) is 6.98. The molecule has 2 amide bonds. The predicted molar refractivity (Wildman–Crippen MR) is 142 cm³/mol. The molecule has 0 aromatic heterocycles. The van der Waals surface area contributed by atoms with Crippen molar-refractivity contribution < 1.29 is 24.2 Å². The number of carbonyl (C=O) groups excluding carboxylic acids is 2. The normalized spacial score (nSPS) is 13.0. The van der Waals surface area contributed by atoms with Crippen LogP contribution < -0.4 is 10.6 Å². The topological polar surface area (TPSA) is 105 Å². The van der Waals surface area contributed by atoms with Crippen molar-refractivity contribution >= 4 is 46.2 Å². The van der Waals surface area contributed by atoms with Gasteiger partial charge in [-0.2, -0.15) is 0 Å². The average molecular weight is 584 g/mol. The summed E-state index contributed by atoms with van der Waals surface area (Å²) in [5.74, 6) is -1.85. The number of hydrogen-bond acceptors (Lipinski definition) is 4. The fourth-order valence-electron chi connectivity index (χ4n) is 4.27. The van der Waals surface area contributed by atoms with Crippen molar-refractivity contribution in [2.75, 3.05) is 11.9 Å². The van der Waals surface area contributed by atoms with E-state index in [1.165, 1.54) is 12.1 Å². The number of aromatic carboxylic acids is 1. The van der Waals surface area contributed by atoms with Crippen molar-refractivity contribution in [2.45, 2.75) is 25.8 Å². The third kappa shape index (κ3) is 5.32. The maximum absolute atomic E-state index is 13.0. The monoisotopic (exact) mass is 584 g/mol. The number of amides is 2. The Morgan fingerprint density at radius 2 is 1.57 bits per heavy atom. The number of carboxylic acid groups (broad SMARTS) is 1. The smallest absolute Gasteiger partial charge is 0.407 e. The number of carbonyl (C=O) groups is 3. The zero-order valence-corrected chi connectivity index (χ0v) is 21.4. The summed E-state index contributed by atoms with van der Waals surface area (Å²) >= 11 is 2.02. The number of ether oxygens (including phenoxy) is 1. The summed E-state index contributed by atoms with van der Waals surface area (Å²) in [6.45, 7) is 3.77. The zero-order valence-electron chi connectivity index (χ0n) is 19.2. The fraction of sp³-hybridized carbons (Fsp3) is 0.222. The molecule has 3 N–H and O–H groups in total. The van der Waals surface area contributed by atoms with E-state index in [1.807, 2.05) is 72.8 Å². The predicted octanol–water partition coefficient (Wildman–Crippen LogP) is 5.49. The molecule has 0 fully saturated rings. The first-order valence-corrected chi connectivity index (χ1v) is 12.3. The minimum Gasteiger partial charge on any atom is -0.478 e. The summed E-state index contributed by atoms with van der Waals surface area (Å²) in [5.41, 5.74) is 4.91. The van der Waals surface area contributed by atoms with Crippen molar-refractivity contribution in [1.82, 2.24) is 5.32 Å². The van der Waals surface area contributed by atoms with Crippen LogP contribution in [0.3, 0.4) is 0 Å². The minimum absolute atomic E-state index is 0.0614. The van der Waals surface area contributed by atoms with E-state index in [4.69, 9.17) is 4.74 Å². The molecule has 0 aliphatic heterocycles. The molecule has 180 valence electrons. The summed E-state index contributed by atoms with van der Waals surface area (Å²) < 4.78 is 6.27. The van der Waals surface area contributed by atoms with E-state index in [1.54, 1.807) is 6.07 Å². The highest BCUT2D eigenvalue weighted by atomic mass is 127. The molecule has 1 atom stereocenters. The Kier molecular flexibility index (Phi) is 7.39. The molecule has 35 heavy (non-hydrogen) atoms. The number of benzene rings is 3. The van der Waals surface area contributed by atoms with E-state index >= 15 is 0 Å². The van der Waals surface area contributed by atoms with Crippen LogP contribution in [0.25, 0.3) is 11.1 Å². The van der Waals surface area contributed by atoms with Crippen LogP contribution in [0.5, 0.6) is 0 Å². The van der Waals surface area contributed by atoms with E-state index in [-0.39, 0.29) is 24.0 Å². The quantitative estimate of drug-likeness (QED) is 0.319.